The highest BCUT2D eigenvalue weighted by molar-refractivity contribution is 7.17. The molecule has 1 aromatic carbocycles. The lowest BCUT2D eigenvalue weighted by atomic mass is 10.2. The Morgan fingerprint density at radius 3 is 2.69 bits per heavy atom. The zero-order valence-electron chi connectivity index (χ0n) is 6.80. The SMILES string of the molecule is COc1cc2cc(F)sc2cc1F. The van der Waals surface area contributed by atoms with E-state index in [4.69, 9.17) is 4.74 Å². The minimum absolute atomic E-state index is 0.144. The Balaban J connectivity index is 2.72. The zero-order chi connectivity index (χ0) is 9.42. The first-order valence-corrected chi connectivity index (χ1v) is 4.45. The molecule has 4 heteroatoms. The van der Waals surface area contributed by atoms with Gasteiger partial charge in [0.25, 0.3) is 0 Å². The standard InChI is InChI=1S/C9H6F2OS/c1-12-7-2-5-3-9(11)13-8(5)4-6(7)10/h2-4H,1H3. The predicted molar refractivity (Wildman–Crippen MR) is 48.3 cm³/mol. The van der Waals surface area contributed by atoms with Gasteiger partial charge < -0.3 is 4.74 Å². The van der Waals surface area contributed by atoms with E-state index in [1.54, 1.807) is 0 Å². The molecule has 0 spiro atoms. The quantitative estimate of drug-likeness (QED) is 0.687. The Bertz CT molecular complexity index is 450. The summed E-state index contributed by atoms with van der Waals surface area (Å²) >= 11 is 0.923. The Morgan fingerprint density at radius 1 is 1.23 bits per heavy atom. The van der Waals surface area contributed by atoms with Crippen molar-refractivity contribution >= 4 is 21.4 Å². The molecule has 0 saturated heterocycles. The Hall–Kier alpha value is -1.16. The molecule has 0 aliphatic carbocycles. The lowest BCUT2D eigenvalue weighted by molar-refractivity contribution is 0.387. The fourth-order valence-corrected chi connectivity index (χ4v) is 1.96. The summed E-state index contributed by atoms with van der Waals surface area (Å²) in [4.78, 5) is 0. The molecule has 0 amide bonds. The van der Waals surface area contributed by atoms with E-state index in [1.165, 1.54) is 25.3 Å². The molecule has 2 rings (SSSR count). The maximum atomic E-state index is 13.1. The summed E-state index contributed by atoms with van der Waals surface area (Å²) in [7, 11) is 1.38. The Labute approximate surface area is 77.6 Å². The van der Waals surface area contributed by atoms with Crippen molar-refractivity contribution in [3.05, 3.63) is 29.1 Å². The van der Waals surface area contributed by atoms with Gasteiger partial charge in [-0.05, 0) is 23.6 Å². The third-order valence-electron chi connectivity index (χ3n) is 1.76. The fraction of sp³-hybridized carbons (Fsp3) is 0.111. The summed E-state index contributed by atoms with van der Waals surface area (Å²) in [5, 5.41) is 0.350. The van der Waals surface area contributed by atoms with Crippen molar-refractivity contribution in [3.8, 4) is 5.75 Å². The second-order valence-electron chi connectivity index (χ2n) is 2.58. The van der Waals surface area contributed by atoms with Crippen LogP contribution in [0, 0.1) is 10.9 Å². The van der Waals surface area contributed by atoms with Crippen molar-refractivity contribution in [2.45, 2.75) is 0 Å². The summed E-state index contributed by atoms with van der Waals surface area (Å²) in [5.74, 6) is -0.317. The number of benzene rings is 1. The van der Waals surface area contributed by atoms with Gasteiger partial charge in [0.2, 0.25) is 0 Å². The Morgan fingerprint density at radius 2 is 2.00 bits per heavy atom. The number of hydrogen-bond donors (Lipinski definition) is 0. The van der Waals surface area contributed by atoms with E-state index in [2.05, 4.69) is 0 Å². The fourth-order valence-electron chi connectivity index (χ4n) is 1.17. The molecule has 1 heterocycles. The van der Waals surface area contributed by atoms with Crippen LogP contribution in [0.2, 0.25) is 0 Å². The summed E-state index contributed by atoms with van der Waals surface area (Å²) < 4.78 is 31.2. The minimum atomic E-state index is -0.461. The molecular weight excluding hydrogens is 194 g/mol. The molecule has 0 fully saturated rings. The number of fused-ring (bicyclic) bond motifs is 1. The summed E-state index contributed by atoms with van der Waals surface area (Å²) in [6.07, 6.45) is 0. The molecule has 0 aliphatic rings. The normalized spacial score (nSPS) is 10.7. The van der Waals surface area contributed by atoms with Crippen molar-refractivity contribution in [2.75, 3.05) is 7.11 Å². The van der Waals surface area contributed by atoms with Gasteiger partial charge in [-0.15, -0.1) is 11.3 Å². The molecule has 0 bridgehead atoms. The second kappa shape index (κ2) is 2.96. The molecule has 2 aromatic rings. The molecule has 1 aromatic heterocycles. The lowest BCUT2D eigenvalue weighted by Crippen LogP contribution is -1.86. The summed E-state index contributed by atoms with van der Waals surface area (Å²) in [6, 6.07) is 4.13. The van der Waals surface area contributed by atoms with Gasteiger partial charge in [-0.2, -0.15) is 4.39 Å². The van der Waals surface area contributed by atoms with Crippen LogP contribution in [0.25, 0.3) is 10.1 Å². The van der Waals surface area contributed by atoms with Crippen LogP contribution < -0.4 is 4.74 Å². The van der Waals surface area contributed by atoms with Gasteiger partial charge in [0.05, 0.1) is 7.11 Å². The average molecular weight is 200 g/mol. The van der Waals surface area contributed by atoms with E-state index in [0.29, 0.717) is 10.1 Å². The van der Waals surface area contributed by atoms with Gasteiger partial charge in [-0.3, -0.25) is 0 Å². The van der Waals surface area contributed by atoms with Crippen molar-refractivity contribution in [1.82, 2.24) is 0 Å². The minimum Gasteiger partial charge on any atom is -0.494 e. The maximum absolute atomic E-state index is 13.1. The van der Waals surface area contributed by atoms with Crippen LogP contribution in [0.15, 0.2) is 18.2 Å². The van der Waals surface area contributed by atoms with Gasteiger partial charge >= 0.3 is 0 Å². The smallest absolute Gasteiger partial charge is 0.177 e. The first-order valence-electron chi connectivity index (χ1n) is 3.63. The van der Waals surface area contributed by atoms with E-state index in [-0.39, 0.29) is 10.9 Å². The van der Waals surface area contributed by atoms with Crippen LogP contribution >= 0.6 is 11.3 Å². The van der Waals surface area contributed by atoms with Gasteiger partial charge in [0.15, 0.2) is 16.7 Å². The number of thiophene rings is 1. The number of rotatable bonds is 1. The number of hydrogen-bond acceptors (Lipinski definition) is 2. The molecule has 13 heavy (non-hydrogen) atoms. The zero-order valence-corrected chi connectivity index (χ0v) is 7.62. The average Bonchev–Trinajstić information content (AvgIpc) is 2.42. The molecule has 0 N–H and O–H groups in total. The van der Waals surface area contributed by atoms with E-state index in [0.717, 1.165) is 11.3 Å². The third kappa shape index (κ3) is 1.37. The summed E-state index contributed by atoms with van der Waals surface area (Å²) in [5.41, 5.74) is 0. The van der Waals surface area contributed by atoms with Crippen LogP contribution in [0.4, 0.5) is 8.78 Å². The predicted octanol–water partition coefficient (Wildman–Crippen LogP) is 3.19. The lowest BCUT2D eigenvalue weighted by Gasteiger charge is -2.00. The molecule has 68 valence electrons. The molecule has 0 unspecified atom stereocenters. The van der Waals surface area contributed by atoms with E-state index >= 15 is 0 Å². The molecule has 0 atom stereocenters. The highest BCUT2D eigenvalue weighted by Crippen LogP contribution is 2.30. The van der Waals surface area contributed by atoms with Crippen molar-refractivity contribution < 1.29 is 13.5 Å². The third-order valence-corrected chi connectivity index (χ3v) is 2.65. The number of ether oxygens (including phenoxy) is 1. The molecule has 0 saturated carbocycles. The van der Waals surface area contributed by atoms with Gasteiger partial charge in [-0.1, -0.05) is 0 Å². The largest absolute Gasteiger partial charge is 0.494 e. The van der Waals surface area contributed by atoms with Crippen LogP contribution in [-0.2, 0) is 0 Å². The highest BCUT2D eigenvalue weighted by Gasteiger charge is 2.07. The first kappa shape index (κ1) is 8.44. The van der Waals surface area contributed by atoms with Crippen LogP contribution in [0.3, 0.4) is 0 Å². The van der Waals surface area contributed by atoms with Crippen LogP contribution in [-0.4, -0.2) is 7.11 Å². The number of methoxy groups -OCH3 is 1. The van der Waals surface area contributed by atoms with E-state index < -0.39 is 5.82 Å². The van der Waals surface area contributed by atoms with Crippen LogP contribution in [0.1, 0.15) is 0 Å². The van der Waals surface area contributed by atoms with Crippen molar-refractivity contribution in [1.29, 1.82) is 0 Å². The van der Waals surface area contributed by atoms with Gasteiger partial charge in [0.1, 0.15) is 0 Å². The number of halogens is 2. The van der Waals surface area contributed by atoms with E-state index in [9.17, 15) is 8.78 Å². The van der Waals surface area contributed by atoms with E-state index in [1.807, 2.05) is 0 Å². The monoisotopic (exact) mass is 200 g/mol. The topological polar surface area (TPSA) is 9.23 Å². The maximum Gasteiger partial charge on any atom is 0.177 e. The van der Waals surface area contributed by atoms with Gasteiger partial charge in [0, 0.05) is 4.70 Å². The summed E-state index contributed by atoms with van der Waals surface area (Å²) in [6.45, 7) is 0. The van der Waals surface area contributed by atoms with Crippen molar-refractivity contribution in [2.24, 2.45) is 0 Å². The first-order chi connectivity index (χ1) is 6.20. The van der Waals surface area contributed by atoms with Crippen LogP contribution in [0.5, 0.6) is 5.75 Å². The second-order valence-corrected chi connectivity index (χ2v) is 3.61. The van der Waals surface area contributed by atoms with Gasteiger partial charge in [-0.25, -0.2) is 4.39 Å². The Kier molecular flexibility index (Phi) is 1.92. The molecule has 0 aliphatic heterocycles. The molecular formula is C9H6F2OS. The highest BCUT2D eigenvalue weighted by atomic mass is 32.1. The van der Waals surface area contributed by atoms with Crippen molar-refractivity contribution in [3.63, 3.8) is 0 Å². The molecule has 1 nitrogen and oxygen atoms in total. The molecule has 0 radical (unpaired) electrons.